The van der Waals surface area contributed by atoms with Crippen molar-refractivity contribution in [1.29, 1.82) is 0 Å². The third-order valence-corrected chi connectivity index (χ3v) is 2.53. The van der Waals surface area contributed by atoms with Gasteiger partial charge in [0.05, 0.1) is 5.60 Å². The van der Waals surface area contributed by atoms with Crippen molar-refractivity contribution in [2.24, 2.45) is 0 Å². The van der Waals surface area contributed by atoms with Gasteiger partial charge in [-0.05, 0) is 24.5 Å². The first-order valence-electron chi connectivity index (χ1n) is 5.29. The third kappa shape index (κ3) is 3.31. The quantitative estimate of drug-likeness (QED) is 0.730. The van der Waals surface area contributed by atoms with Gasteiger partial charge in [-0.3, -0.25) is 0 Å². The van der Waals surface area contributed by atoms with Crippen molar-refractivity contribution in [3.63, 3.8) is 0 Å². The molecule has 0 aromatic heterocycles. The van der Waals surface area contributed by atoms with Gasteiger partial charge in [-0.15, -0.1) is 13.2 Å². The van der Waals surface area contributed by atoms with E-state index in [1.54, 1.807) is 30.4 Å². The lowest BCUT2D eigenvalue weighted by Crippen LogP contribution is -2.30. The van der Waals surface area contributed by atoms with Crippen LogP contribution in [-0.4, -0.2) is 10.7 Å². The van der Waals surface area contributed by atoms with Crippen molar-refractivity contribution in [3.05, 3.63) is 61.0 Å². The lowest BCUT2D eigenvalue weighted by atomic mass is 9.88. The van der Waals surface area contributed by atoms with Gasteiger partial charge >= 0.3 is 0 Å². The van der Waals surface area contributed by atoms with Crippen LogP contribution in [0, 0.1) is 5.82 Å². The van der Waals surface area contributed by atoms with E-state index in [4.69, 9.17) is 0 Å². The summed E-state index contributed by atoms with van der Waals surface area (Å²) in [5, 5.41) is 10.3. The molecule has 0 aliphatic carbocycles. The topological polar surface area (TPSA) is 20.2 Å². The number of halogens is 1. The van der Waals surface area contributed by atoms with Crippen LogP contribution < -0.4 is 0 Å². The molecule has 0 heterocycles. The summed E-state index contributed by atoms with van der Waals surface area (Å²) in [5.74, 6) is -0.283. The van der Waals surface area contributed by atoms with Gasteiger partial charge < -0.3 is 5.11 Å². The second kappa shape index (κ2) is 5.61. The molecular weight excluding hydrogens is 203 g/mol. The summed E-state index contributed by atoms with van der Waals surface area (Å²) in [6, 6.07) is 6.49. The summed E-state index contributed by atoms with van der Waals surface area (Å²) in [6.45, 7) is 7.21. The van der Waals surface area contributed by atoms with Gasteiger partial charge in [-0.2, -0.15) is 0 Å². The van der Waals surface area contributed by atoms with E-state index in [-0.39, 0.29) is 12.2 Å². The Morgan fingerprint density at radius 1 is 1.19 bits per heavy atom. The van der Waals surface area contributed by atoms with Crippen LogP contribution in [-0.2, 0) is 6.42 Å². The number of rotatable bonds is 6. The van der Waals surface area contributed by atoms with Crippen molar-refractivity contribution in [2.45, 2.75) is 24.9 Å². The molecule has 1 nitrogen and oxygen atoms in total. The zero-order chi connectivity index (χ0) is 12.0. The van der Waals surface area contributed by atoms with Crippen LogP contribution in [0.25, 0.3) is 0 Å². The van der Waals surface area contributed by atoms with Crippen molar-refractivity contribution >= 4 is 0 Å². The Bertz CT molecular complexity index is 361. The molecule has 1 aromatic carbocycles. The predicted octanol–water partition coefficient (Wildman–Crippen LogP) is 3.25. The average Bonchev–Trinajstić information content (AvgIpc) is 2.22. The van der Waals surface area contributed by atoms with Crippen LogP contribution in [0.5, 0.6) is 0 Å². The predicted molar refractivity (Wildman–Crippen MR) is 64.7 cm³/mol. The molecule has 0 spiro atoms. The molecule has 1 rings (SSSR count). The van der Waals surface area contributed by atoms with Crippen LogP contribution in [0.3, 0.4) is 0 Å². The van der Waals surface area contributed by atoms with E-state index in [2.05, 4.69) is 13.2 Å². The van der Waals surface area contributed by atoms with Crippen LogP contribution in [0.4, 0.5) is 4.39 Å². The average molecular weight is 220 g/mol. The largest absolute Gasteiger partial charge is 0.389 e. The lowest BCUT2D eigenvalue weighted by Gasteiger charge is -2.25. The molecule has 1 N–H and O–H groups in total. The van der Waals surface area contributed by atoms with Crippen LogP contribution in [0.1, 0.15) is 18.4 Å². The normalized spacial score (nSPS) is 11.1. The summed E-state index contributed by atoms with van der Waals surface area (Å²) in [6.07, 6.45) is 4.41. The highest BCUT2D eigenvalue weighted by Crippen LogP contribution is 2.23. The van der Waals surface area contributed by atoms with Gasteiger partial charge in [0.25, 0.3) is 0 Å². The molecule has 0 aliphatic rings. The summed E-state index contributed by atoms with van der Waals surface area (Å²) in [4.78, 5) is 0. The SMILES string of the molecule is C=CCC(O)(CC=C)Cc1ccccc1F. The number of hydrogen-bond acceptors (Lipinski definition) is 1. The van der Waals surface area contributed by atoms with E-state index in [1.165, 1.54) is 6.07 Å². The second-order valence-electron chi connectivity index (χ2n) is 3.98. The molecule has 0 unspecified atom stereocenters. The Hall–Kier alpha value is -1.41. The number of aliphatic hydroxyl groups is 1. The molecular formula is C14H17FO. The smallest absolute Gasteiger partial charge is 0.126 e. The molecule has 16 heavy (non-hydrogen) atoms. The van der Waals surface area contributed by atoms with Crippen molar-refractivity contribution in [3.8, 4) is 0 Å². The maximum absolute atomic E-state index is 13.4. The Morgan fingerprint density at radius 2 is 1.75 bits per heavy atom. The van der Waals surface area contributed by atoms with Gasteiger partial charge in [0.15, 0.2) is 0 Å². The summed E-state index contributed by atoms with van der Waals surface area (Å²) in [5.41, 5.74) is -0.459. The Labute approximate surface area is 95.9 Å². The number of benzene rings is 1. The fourth-order valence-corrected chi connectivity index (χ4v) is 1.76. The molecule has 86 valence electrons. The van der Waals surface area contributed by atoms with E-state index in [0.717, 1.165) is 0 Å². The van der Waals surface area contributed by atoms with Crippen LogP contribution in [0.2, 0.25) is 0 Å². The molecule has 0 aliphatic heterocycles. The first-order valence-corrected chi connectivity index (χ1v) is 5.29. The van der Waals surface area contributed by atoms with Crippen molar-refractivity contribution in [1.82, 2.24) is 0 Å². The third-order valence-electron chi connectivity index (χ3n) is 2.53. The minimum atomic E-state index is -0.980. The van der Waals surface area contributed by atoms with Gasteiger partial charge in [0.1, 0.15) is 5.82 Å². The Morgan fingerprint density at radius 3 is 2.25 bits per heavy atom. The lowest BCUT2D eigenvalue weighted by molar-refractivity contribution is 0.0459. The minimum absolute atomic E-state index is 0.276. The van der Waals surface area contributed by atoms with E-state index >= 15 is 0 Å². The first-order chi connectivity index (χ1) is 7.61. The van der Waals surface area contributed by atoms with E-state index < -0.39 is 5.60 Å². The van der Waals surface area contributed by atoms with Gasteiger partial charge in [-0.1, -0.05) is 30.4 Å². The molecule has 0 saturated heterocycles. The second-order valence-corrected chi connectivity index (χ2v) is 3.98. The molecule has 0 amide bonds. The summed E-state index contributed by atoms with van der Waals surface area (Å²) < 4.78 is 13.4. The Kier molecular flexibility index (Phi) is 4.44. The number of hydrogen-bond donors (Lipinski definition) is 1. The highest BCUT2D eigenvalue weighted by atomic mass is 19.1. The zero-order valence-electron chi connectivity index (χ0n) is 9.32. The molecule has 1 aromatic rings. The standard InChI is InChI=1S/C14H17FO/c1-3-9-14(16,10-4-2)11-12-7-5-6-8-13(12)15/h3-8,16H,1-2,9-11H2. The fourth-order valence-electron chi connectivity index (χ4n) is 1.76. The molecule has 0 saturated carbocycles. The molecule has 0 bridgehead atoms. The van der Waals surface area contributed by atoms with E-state index in [0.29, 0.717) is 18.4 Å². The van der Waals surface area contributed by atoms with Crippen LogP contribution >= 0.6 is 0 Å². The zero-order valence-corrected chi connectivity index (χ0v) is 9.32. The van der Waals surface area contributed by atoms with Gasteiger partial charge in [0, 0.05) is 6.42 Å². The minimum Gasteiger partial charge on any atom is -0.389 e. The molecule has 0 radical (unpaired) electrons. The summed E-state index contributed by atoms with van der Waals surface area (Å²) >= 11 is 0. The highest BCUT2D eigenvalue weighted by molar-refractivity contribution is 5.20. The maximum Gasteiger partial charge on any atom is 0.126 e. The molecule has 2 heteroatoms. The van der Waals surface area contributed by atoms with Gasteiger partial charge in [-0.25, -0.2) is 4.39 Å². The maximum atomic E-state index is 13.4. The van der Waals surface area contributed by atoms with Crippen LogP contribution in [0.15, 0.2) is 49.6 Å². The van der Waals surface area contributed by atoms with E-state index in [9.17, 15) is 9.50 Å². The Balaban J connectivity index is 2.87. The first kappa shape index (κ1) is 12.7. The van der Waals surface area contributed by atoms with Gasteiger partial charge in [0.2, 0.25) is 0 Å². The monoisotopic (exact) mass is 220 g/mol. The summed E-state index contributed by atoms with van der Waals surface area (Å²) in [7, 11) is 0. The van der Waals surface area contributed by atoms with Crippen molar-refractivity contribution in [2.75, 3.05) is 0 Å². The highest BCUT2D eigenvalue weighted by Gasteiger charge is 2.25. The molecule has 0 fully saturated rings. The molecule has 0 atom stereocenters. The van der Waals surface area contributed by atoms with Crippen molar-refractivity contribution < 1.29 is 9.50 Å². The fraction of sp³-hybridized carbons (Fsp3) is 0.286. The van der Waals surface area contributed by atoms with E-state index in [1.807, 2.05) is 0 Å².